The Morgan fingerprint density at radius 2 is 1.46 bits per heavy atom. The third kappa shape index (κ3) is 7.29. The van der Waals surface area contributed by atoms with Crippen molar-refractivity contribution in [3.63, 3.8) is 0 Å². The van der Waals surface area contributed by atoms with Gasteiger partial charge in [0.05, 0.1) is 10.6 Å². The van der Waals surface area contributed by atoms with Gasteiger partial charge in [-0.3, -0.25) is 4.79 Å². The Morgan fingerprint density at radius 3 is 2.19 bits per heavy atom. The summed E-state index contributed by atoms with van der Waals surface area (Å²) in [5, 5.41) is 16.1. The minimum atomic E-state index is -1.10. The maximum absolute atomic E-state index is 12.6. The Hall–Kier alpha value is -3.93. The number of amides is 1. The first kappa shape index (κ1) is 26.1. The standard InChI is InChI=1S/C31H29ClN2O3/c32-28-13-7-6-12-27(28)30(35)34-29(31(36)37)20-23-14-16-24(17-15-23)26-11-5-4-10-25(26)21-33-19-18-22-8-2-1-3-9-22/h1-17,29,33H,18-21H2,(H,34,35)(H,36,37)/t29-/m0/s1. The van der Waals surface area contributed by atoms with E-state index in [1.807, 2.05) is 42.5 Å². The van der Waals surface area contributed by atoms with Gasteiger partial charge >= 0.3 is 5.97 Å². The number of carboxylic acid groups (broad SMARTS) is 1. The molecule has 0 radical (unpaired) electrons. The fourth-order valence-corrected chi connectivity index (χ4v) is 4.42. The quantitative estimate of drug-likeness (QED) is 0.223. The third-order valence-electron chi connectivity index (χ3n) is 6.19. The summed E-state index contributed by atoms with van der Waals surface area (Å²) in [5.74, 6) is -1.61. The normalized spacial score (nSPS) is 11.6. The van der Waals surface area contributed by atoms with Crippen LogP contribution in [-0.2, 0) is 24.2 Å². The smallest absolute Gasteiger partial charge is 0.326 e. The number of aliphatic carboxylic acids is 1. The number of carboxylic acids is 1. The van der Waals surface area contributed by atoms with Gasteiger partial charge in [0.1, 0.15) is 6.04 Å². The lowest BCUT2D eigenvalue weighted by molar-refractivity contribution is -0.139. The van der Waals surface area contributed by atoms with Gasteiger partial charge in [-0.15, -0.1) is 0 Å². The van der Waals surface area contributed by atoms with Gasteiger partial charge in [0, 0.05) is 13.0 Å². The molecule has 188 valence electrons. The van der Waals surface area contributed by atoms with Crippen molar-refractivity contribution in [2.24, 2.45) is 0 Å². The molecule has 0 saturated heterocycles. The molecule has 4 rings (SSSR count). The summed E-state index contributed by atoms with van der Waals surface area (Å²) in [4.78, 5) is 24.4. The number of carbonyl (C=O) groups excluding carboxylic acids is 1. The van der Waals surface area contributed by atoms with Crippen LogP contribution in [0.2, 0.25) is 5.02 Å². The van der Waals surface area contributed by atoms with E-state index in [-0.39, 0.29) is 17.0 Å². The molecule has 0 unspecified atom stereocenters. The van der Waals surface area contributed by atoms with Crippen LogP contribution >= 0.6 is 11.6 Å². The monoisotopic (exact) mass is 512 g/mol. The summed E-state index contributed by atoms with van der Waals surface area (Å²) in [7, 11) is 0. The highest BCUT2D eigenvalue weighted by molar-refractivity contribution is 6.33. The van der Waals surface area contributed by atoms with E-state index in [9.17, 15) is 14.7 Å². The van der Waals surface area contributed by atoms with Crippen LogP contribution in [0.25, 0.3) is 11.1 Å². The Kier molecular flexibility index (Phi) is 9.08. The zero-order valence-corrected chi connectivity index (χ0v) is 21.1. The Labute approximate surface area is 222 Å². The Morgan fingerprint density at radius 1 is 0.784 bits per heavy atom. The second kappa shape index (κ2) is 12.9. The van der Waals surface area contributed by atoms with E-state index in [1.165, 1.54) is 11.1 Å². The highest BCUT2D eigenvalue weighted by atomic mass is 35.5. The molecule has 0 saturated carbocycles. The van der Waals surface area contributed by atoms with Crippen molar-refractivity contribution in [2.75, 3.05) is 6.54 Å². The van der Waals surface area contributed by atoms with Gasteiger partial charge in [-0.25, -0.2) is 4.79 Å². The lowest BCUT2D eigenvalue weighted by Crippen LogP contribution is -2.42. The zero-order chi connectivity index (χ0) is 26.0. The summed E-state index contributed by atoms with van der Waals surface area (Å²) in [6, 6.07) is 32.0. The van der Waals surface area contributed by atoms with Gasteiger partial charge in [-0.1, -0.05) is 103 Å². The van der Waals surface area contributed by atoms with Crippen LogP contribution in [0.1, 0.15) is 27.0 Å². The van der Waals surface area contributed by atoms with Crippen molar-refractivity contribution in [1.29, 1.82) is 0 Å². The fourth-order valence-electron chi connectivity index (χ4n) is 4.19. The number of hydrogen-bond donors (Lipinski definition) is 3. The van der Waals surface area contributed by atoms with Crippen LogP contribution in [0.15, 0.2) is 103 Å². The van der Waals surface area contributed by atoms with E-state index < -0.39 is 17.9 Å². The average molecular weight is 513 g/mol. The second-order valence-corrected chi connectivity index (χ2v) is 9.22. The summed E-state index contributed by atoms with van der Waals surface area (Å²) in [5.41, 5.74) is 5.74. The first-order valence-electron chi connectivity index (χ1n) is 12.2. The highest BCUT2D eigenvalue weighted by Gasteiger charge is 2.22. The number of hydrogen-bond acceptors (Lipinski definition) is 3. The molecule has 0 heterocycles. The van der Waals surface area contributed by atoms with Crippen LogP contribution in [0.5, 0.6) is 0 Å². The minimum absolute atomic E-state index is 0.161. The molecule has 4 aromatic carbocycles. The molecule has 37 heavy (non-hydrogen) atoms. The van der Waals surface area contributed by atoms with Crippen molar-refractivity contribution in [2.45, 2.75) is 25.4 Å². The van der Waals surface area contributed by atoms with Gasteiger partial charge in [-0.2, -0.15) is 0 Å². The van der Waals surface area contributed by atoms with Crippen molar-refractivity contribution in [3.05, 3.63) is 130 Å². The molecule has 0 bridgehead atoms. The molecule has 0 aromatic heterocycles. The Bertz CT molecular complexity index is 1340. The number of nitrogens with one attached hydrogen (secondary N) is 2. The molecular weight excluding hydrogens is 484 g/mol. The molecule has 0 aliphatic carbocycles. The lowest BCUT2D eigenvalue weighted by Gasteiger charge is -2.16. The third-order valence-corrected chi connectivity index (χ3v) is 6.52. The molecule has 0 fully saturated rings. The topological polar surface area (TPSA) is 78.4 Å². The van der Waals surface area contributed by atoms with Crippen LogP contribution in [0.3, 0.4) is 0 Å². The largest absolute Gasteiger partial charge is 0.480 e. The maximum atomic E-state index is 12.6. The van der Waals surface area contributed by atoms with Gasteiger partial charge < -0.3 is 15.7 Å². The Balaban J connectivity index is 1.39. The summed E-state index contributed by atoms with van der Waals surface area (Å²) < 4.78 is 0. The lowest BCUT2D eigenvalue weighted by atomic mass is 9.97. The van der Waals surface area contributed by atoms with Crippen molar-refractivity contribution in [3.8, 4) is 11.1 Å². The summed E-state index contributed by atoms with van der Waals surface area (Å²) in [6.07, 6.45) is 1.13. The molecule has 5 nitrogen and oxygen atoms in total. The number of carbonyl (C=O) groups is 2. The van der Waals surface area contributed by atoms with E-state index in [2.05, 4.69) is 47.0 Å². The van der Waals surface area contributed by atoms with Crippen molar-refractivity contribution < 1.29 is 14.7 Å². The zero-order valence-electron chi connectivity index (χ0n) is 20.4. The van der Waals surface area contributed by atoms with Crippen LogP contribution in [0, 0.1) is 0 Å². The fraction of sp³-hybridized carbons (Fsp3) is 0.161. The molecule has 0 spiro atoms. The second-order valence-electron chi connectivity index (χ2n) is 8.81. The average Bonchev–Trinajstić information content (AvgIpc) is 2.92. The van der Waals surface area contributed by atoms with E-state index in [4.69, 9.17) is 11.6 Å². The first-order valence-corrected chi connectivity index (χ1v) is 12.6. The van der Waals surface area contributed by atoms with Crippen LogP contribution in [-0.4, -0.2) is 29.6 Å². The van der Waals surface area contributed by atoms with Crippen molar-refractivity contribution in [1.82, 2.24) is 10.6 Å². The molecule has 0 aliphatic heterocycles. The van der Waals surface area contributed by atoms with Gasteiger partial charge in [0.2, 0.25) is 0 Å². The predicted octanol–water partition coefficient (Wildman–Crippen LogP) is 5.77. The van der Waals surface area contributed by atoms with Gasteiger partial charge in [0.15, 0.2) is 0 Å². The molecule has 0 aliphatic rings. The molecule has 1 amide bonds. The number of rotatable bonds is 11. The van der Waals surface area contributed by atoms with Crippen LogP contribution < -0.4 is 10.6 Å². The molecule has 1 atom stereocenters. The number of halogens is 1. The van der Waals surface area contributed by atoms with E-state index in [0.717, 1.165) is 36.2 Å². The highest BCUT2D eigenvalue weighted by Crippen LogP contribution is 2.24. The van der Waals surface area contributed by atoms with E-state index in [1.54, 1.807) is 24.3 Å². The summed E-state index contributed by atoms with van der Waals surface area (Å²) in [6.45, 7) is 1.63. The van der Waals surface area contributed by atoms with Gasteiger partial charge in [0.25, 0.3) is 5.91 Å². The molecule has 6 heteroatoms. The van der Waals surface area contributed by atoms with E-state index in [0.29, 0.717) is 0 Å². The molecular formula is C31H29ClN2O3. The van der Waals surface area contributed by atoms with Crippen molar-refractivity contribution >= 4 is 23.5 Å². The number of benzene rings is 4. The molecule has 4 aromatic rings. The summed E-state index contributed by atoms with van der Waals surface area (Å²) >= 11 is 6.09. The first-order chi connectivity index (χ1) is 18.0. The predicted molar refractivity (Wildman–Crippen MR) is 148 cm³/mol. The van der Waals surface area contributed by atoms with Crippen LogP contribution in [0.4, 0.5) is 0 Å². The maximum Gasteiger partial charge on any atom is 0.326 e. The SMILES string of the molecule is O=C(N[C@@H](Cc1ccc(-c2ccccc2CNCCc2ccccc2)cc1)C(=O)O)c1ccccc1Cl. The molecule has 3 N–H and O–H groups in total. The van der Waals surface area contributed by atoms with E-state index >= 15 is 0 Å². The minimum Gasteiger partial charge on any atom is -0.480 e. The van der Waals surface area contributed by atoms with Gasteiger partial charge in [-0.05, 0) is 52.9 Å².